The molecule has 2 aromatic carbocycles. The zero-order chi connectivity index (χ0) is 29.0. The number of hydrogen-bond donors (Lipinski definition) is 1. The van der Waals surface area contributed by atoms with Crippen LogP contribution in [-0.2, 0) is 38.7 Å². The molecule has 4 amide bonds. The normalized spacial score (nSPS) is 23.8. The van der Waals surface area contributed by atoms with Gasteiger partial charge in [-0.1, -0.05) is 30.3 Å². The molecule has 3 aliphatic heterocycles. The molecule has 3 heterocycles. The maximum absolute atomic E-state index is 13.1. The first-order chi connectivity index (χ1) is 18.8. The largest absolute Gasteiger partial charge is 0.489 e. The summed E-state index contributed by atoms with van der Waals surface area (Å²) in [6, 6.07) is 4.73. The van der Waals surface area contributed by atoms with E-state index in [9.17, 15) is 19.2 Å². The van der Waals surface area contributed by atoms with Crippen LogP contribution >= 0.6 is 0 Å². The van der Waals surface area contributed by atoms with Crippen LogP contribution in [0.2, 0.25) is 0 Å². The number of carbonyl (C=O) groups excluding carboxylic acids is 4. The number of benzene rings is 2. The van der Waals surface area contributed by atoms with Gasteiger partial charge in [0.25, 0.3) is 5.91 Å². The van der Waals surface area contributed by atoms with Crippen LogP contribution < -0.4 is 10.1 Å². The summed E-state index contributed by atoms with van der Waals surface area (Å²) in [7, 11) is 0. The Bertz CT molecular complexity index is 1410. The predicted octanol–water partition coefficient (Wildman–Crippen LogP) is 1.39. The minimum atomic E-state index is -2.61. The van der Waals surface area contributed by atoms with Gasteiger partial charge >= 0.3 is 0 Å². The lowest BCUT2D eigenvalue weighted by Crippen LogP contribution is -2.52. The van der Waals surface area contributed by atoms with Gasteiger partial charge in [0, 0.05) is 30.6 Å². The second kappa shape index (κ2) is 9.26. The van der Waals surface area contributed by atoms with E-state index in [1.54, 1.807) is 0 Å². The van der Waals surface area contributed by atoms with Crippen molar-refractivity contribution in [2.75, 3.05) is 19.8 Å². The second-order valence-corrected chi connectivity index (χ2v) is 8.00. The minimum Gasteiger partial charge on any atom is -0.489 e. The molecule has 0 saturated carbocycles. The molecular formula is C25H25N3O6. The van der Waals surface area contributed by atoms with Gasteiger partial charge in [-0.3, -0.25) is 24.5 Å². The Labute approximate surface area is 205 Å². The van der Waals surface area contributed by atoms with Crippen molar-refractivity contribution in [2.45, 2.75) is 38.5 Å². The topological polar surface area (TPSA) is 105 Å². The molecule has 0 spiro atoms. The molecule has 1 unspecified atom stereocenters. The summed E-state index contributed by atoms with van der Waals surface area (Å²) in [6.45, 7) is -5.44. The van der Waals surface area contributed by atoms with E-state index in [4.69, 9.17) is 17.7 Å². The van der Waals surface area contributed by atoms with Gasteiger partial charge < -0.3 is 19.3 Å². The Balaban J connectivity index is 1.42. The number of amides is 4. The van der Waals surface area contributed by atoms with Gasteiger partial charge in [0.1, 0.15) is 25.0 Å². The van der Waals surface area contributed by atoms with E-state index in [2.05, 4.69) is 5.32 Å². The summed E-state index contributed by atoms with van der Waals surface area (Å²) in [5.41, 5.74) is -0.0659. The summed E-state index contributed by atoms with van der Waals surface area (Å²) in [5.74, 6) is -2.07. The maximum atomic E-state index is 13.1. The average molecular weight is 470 g/mol. The molecule has 0 aliphatic carbocycles. The van der Waals surface area contributed by atoms with Crippen molar-refractivity contribution in [1.29, 1.82) is 0 Å². The van der Waals surface area contributed by atoms with Gasteiger partial charge in [0.15, 0.2) is 0 Å². The third kappa shape index (κ3) is 4.38. The summed E-state index contributed by atoms with van der Waals surface area (Å²) < 4.78 is 61.6. The van der Waals surface area contributed by atoms with E-state index in [1.807, 2.05) is 0 Å². The van der Waals surface area contributed by atoms with Crippen molar-refractivity contribution in [2.24, 2.45) is 0 Å². The van der Waals surface area contributed by atoms with Crippen molar-refractivity contribution >= 4 is 23.6 Å². The Hall–Kier alpha value is -3.72. The van der Waals surface area contributed by atoms with Gasteiger partial charge in [-0.15, -0.1) is 0 Å². The maximum Gasteiger partial charge on any atom is 0.255 e. The summed E-state index contributed by atoms with van der Waals surface area (Å²) in [5, 5.41) is 2.22. The van der Waals surface area contributed by atoms with Crippen LogP contribution in [0.3, 0.4) is 0 Å². The van der Waals surface area contributed by atoms with Gasteiger partial charge in [-0.25, -0.2) is 0 Å². The Morgan fingerprint density at radius 1 is 1.15 bits per heavy atom. The van der Waals surface area contributed by atoms with Gasteiger partial charge in [-0.05, 0) is 29.7 Å². The van der Waals surface area contributed by atoms with Crippen LogP contribution in [0.4, 0.5) is 0 Å². The summed E-state index contributed by atoms with van der Waals surface area (Å²) >= 11 is 0. The number of hydrogen-bond acceptors (Lipinski definition) is 6. The minimum absolute atomic E-state index is 0.0158. The molecule has 0 aromatic heterocycles. The molecular weight excluding hydrogens is 438 g/mol. The van der Waals surface area contributed by atoms with Crippen molar-refractivity contribution in [1.82, 2.24) is 15.1 Å². The second-order valence-electron chi connectivity index (χ2n) is 8.00. The van der Waals surface area contributed by atoms with E-state index in [1.165, 1.54) is 23.1 Å². The van der Waals surface area contributed by atoms with Crippen LogP contribution in [0.15, 0.2) is 42.4 Å². The van der Waals surface area contributed by atoms with E-state index in [0.717, 1.165) is 17.0 Å². The van der Waals surface area contributed by atoms with Crippen molar-refractivity contribution in [3.05, 3.63) is 64.7 Å². The third-order valence-electron chi connectivity index (χ3n) is 5.79. The fourth-order valence-corrected chi connectivity index (χ4v) is 4.04. The molecule has 34 heavy (non-hydrogen) atoms. The monoisotopic (exact) mass is 469 g/mol. The number of morpholine rings is 1. The molecule has 5 rings (SSSR count). The molecule has 0 bridgehead atoms. The molecule has 0 radical (unpaired) electrons. The lowest BCUT2D eigenvalue weighted by Gasteiger charge is -2.29. The fourth-order valence-electron chi connectivity index (χ4n) is 4.04. The summed E-state index contributed by atoms with van der Waals surface area (Å²) in [4.78, 5) is 51.4. The lowest BCUT2D eigenvalue weighted by atomic mass is 10.0. The Morgan fingerprint density at radius 3 is 2.74 bits per heavy atom. The molecule has 9 heteroatoms. The van der Waals surface area contributed by atoms with E-state index in [0.29, 0.717) is 5.56 Å². The van der Waals surface area contributed by atoms with Crippen molar-refractivity contribution in [3.8, 4) is 5.75 Å². The molecule has 1 N–H and O–H groups in total. The SMILES string of the molecule is [2H]c1cc(C([2H])([2H])Oc2cccc3c2CN(C2CCC(=O)NC2=O)C3=O)cc([2H])c1C([2H])([2H])N1CCOCC1=O. The van der Waals surface area contributed by atoms with Crippen LogP contribution in [0.25, 0.3) is 0 Å². The quantitative estimate of drug-likeness (QED) is 0.641. The highest BCUT2D eigenvalue weighted by Gasteiger charge is 2.40. The molecule has 1 atom stereocenters. The number of ether oxygens (including phenoxy) is 2. The van der Waals surface area contributed by atoms with Crippen LogP contribution in [-0.4, -0.2) is 59.2 Å². The molecule has 2 saturated heterocycles. The molecule has 176 valence electrons. The predicted molar refractivity (Wildman–Crippen MR) is 119 cm³/mol. The number of imide groups is 1. The number of rotatable bonds is 6. The standard InChI is InChI=1S/C25H25N3O6/c29-22-9-8-20(24(31)26-22)28-13-19-18(25(28)32)2-1-3-21(19)34-14-17-6-4-16(5-7-17)12-27-10-11-33-15-23(27)30/h1-7,20H,8-15H2,(H,26,29,31)/i4D,5D,12D2,14D2. The zero-order valence-corrected chi connectivity index (χ0v) is 18.1. The van der Waals surface area contributed by atoms with Gasteiger partial charge in [0.05, 0.1) is 21.4 Å². The van der Waals surface area contributed by atoms with Gasteiger partial charge in [-0.2, -0.15) is 0 Å². The van der Waals surface area contributed by atoms with Crippen LogP contribution in [0.1, 0.15) is 48.1 Å². The number of fused-ring (bicyclic) bond motifs is 1. The Kier molecular flexibility index (Phi) is 4.36. The lowest BCUT2D eigenvalue weighted by molar-refractivity contribution is -0.143. The van der Waals surface area contributed by atoms with Gasteiger partial charge in [0.2, 0.25) is 17.7 Å². The average Bonchev–Trinajstić information content (AvgIpc) is 3.20. The first-order valence-corrected chi connectivity index (χ1v) is 10.8. The van der Waals surface area contributed by atoms with E-state index >= 15 is 0 Å². The molecule has 3 aliphatic rings. The number of nitrogens with zero attached hydrogens (tertiary/aromatic N) is 2. The van der Waals surface area contributed by atoms with Crippen molar-refractivity contribution < 1.29 is 36.9 Å². The highest BCUT2D eigenvalue weighted by atomic mass is 16.5. The Morgan fingerprint density at radius 2 is 1.97 bits per heavy atom. The first kappa shape index (κ1) is 16.0. The number of carbonyl (C=O) groups is 4. The van der Waals surface area contributed by atoms with E-state index in [-0.39, 0.29) is 56.0 Å². The molecule has 2 fully saturated rings. The molecule has 9 nitrogen and oxygen atoms in total. The van der Waals surface area contributed by atoms with Crippen LogP contribution in [0, 0.1) is 0 Å². The smallest absolute Gasteiger partial charge is 0.255 e. The first-order valence-electron chi connectivity index (χ1n) is 13.8. The van der Waals surface area contributed by atoms with Crippen LogP contribution in [0.5, 0.6) is 5.75 Å². The molecule has 2 aromatic rings. The highest BCUT2D eigenvalue weighted by Crippen LogP contribution is 2.34. The number of piperidine rings is 1. The van der Waals surface area contributed by atoms with E-state index < -0.39 is 60.4 Å². The highest BCUT2D eigenvalue weighted by molar-refractivity contribution is 6.05. The zero-order valence-electron chi connectivity index (χ0n) is 24.1. The summed E-state index contributed by atoms with van der Waals surface area (Å²) in [6.07, 6.45) is 0.247. The number of nitrogens with one attached hydrogen (secondary N) is 1. The van der Waals surface area contributed by atoms with Crippen molar-refractivity contribution in [3.63, 3.8) is 0 Å². The fraction of sp³-hybridized carbons (Fsp3) is 0.360. The third-order valence-corrected chi connectivity index (χ3v) is 5.79.